The van der Waals surface area contributed by atoms with Crippen molar-refractivity contribution in [2.24, 2.45) is 0 Å². The van der Waals surface area contributed by atoms with E-state index >= 15 is 0 Å². The molecule has 0 aromatic heterocycles. The molecule has 1 unspecified atom stereocenters. The third-order valence-electron chi connectivity index (χ3n) is 2.58. The molecular weight excluding hydrogens is 238 g/mol. The van der Waals surface area contributed by atoms with Crippen molar-refractivity contribution >= 4 is 12.4 Å². The van der Waals surface area contributed by atoms with Crippen molar-refractivity contribution in [3.8, 4) is 11.5 Å². The first-order valence-corrected chi connectivity index (χ1v) is 5.52. The Hall–Kier alpha value is -2.24. The summed E-state index contributed by atoms with van der Waals surface area (Å²) in [5.74, 6) is 0.215. The van der Waals surface area contributed by atoms with Crippen molar-refractivity contribution in [3.05, 3.63) is 24.3 Å². The third kappa shape index (κ3) is 2.71. The monoisotopic (exact) mass is 251 g/mol. The van der Waals surface area contributed by atoms with Gasteiger partial charge in [-0.3, -0.25) is 9.59 Å². The minimum Gasteiger partial charge on any atom is -0.484 e. The predicted octanol–water partition coefficient (Wildman–Crippen LogP) is 0.717. The Morgan fingerprint density at radius 1 is 1.44 bits per heavy atom. The fourth-order valence-corrected chi connectivity index (χ4v) is 1.66. The van der Waals surface area contributed by atoms with Crippen molar-refractivity contribution in [1.29, 1.82) is 0 Å². The van der Waals surface area contributed by atoms with Crippen LogP contribution < -0.4 is 9.47 Å². The van der Waals surface area contributed by atoms with Crippen LogP contribution in [0.3, 0.4) is 0 Å². The number of nitrogens with zero attached hydrogens (tertiary/aromatic N) is 1. The number of carboxylic acid groups (broad SMARTS) is 1. The fraction of sp³-hybridized carbons (Fsp3) is 0.333. The zero-order chi connectivity index (χ0) is 13.0. The van der Waals surface area contributed by atoms with E-state index in [0.29, 0.717) is 17.9 Å². The number of carbonyl (C=O) groups excluding carboxylic acids is 1. The van der Waals surface area contributed by atoms with E-state index in [9.17, 15) is 9.59 Å². The molecule has 18 heavy (non-hydrogen) atoms. The van der Waals surface area contributed by atoms with Crippen LogP contribution in [0.5, 0.6) is 11.5 Å². The van der Waals surface area contributed by atoms with Gasteiger partial charge in [-0.2, -0.15) is 0 Å². The van der Waals surface area contributed by atoms with Crippen LogP contribution in [-0.2, 0) is 9.59 Å². The summed E-state index contributed by atoms with van der Waals surface area (Å²) in [6.45, 7) is 0.282. The molecule has 6 nitrogen and oxygen atoms in total. The van der Waals surface area contributed by atoms with Gasteiger partial charge in [-0.05, 0) is 12.1 Å². The Balaban J connectivity index is 2.02. The van der Waals surface area contributed by atoms with Crippen LogP contribution in [0.2, 0.25) is 0 Å². The molecule has 1 aromatic rings. The number of rotatable bonds is 5. The molecule has 2 rings (SSSR count). The lowest BCUT2D eigenvalue weighted by Crippen LogP contribution is -2.45. The summed E-state index contributed by atoms with van der Waals surface area (Å²) in [6.07, 6.45) is -0.137. The van der Waals surface area contributed by atoms with Crippen molar-refractivity contribution in [3.63, 3.8) is 0 Å². The average molecular weight is 251 g/mol. The van der Waals surface area contributed by atoms with E-state index in [1.807, 2.05) is 6.07 Å². The first-order chi connectivity index (χ1) is 8.70. The zero-order valence-corrected chi connectivity index (χ0v) is 9.61. The Morgan fingerprint density at radius 2 is 2.17 bits per heavy atom. The van der Waals surface area contributed by atoms with Gasteiger partial charge in [0.25, 0.3) is 0 Å². The SMILES string of the molecule is O=CN(CCC(=O)O)C1COc2ccccc2O1. The van der Waals surface area contributed by atoms with E-state index in [1.165, 1.54) is 4.90 Å². The maximum atomic E-state index is 10.9. The molecule has 1 heterocycles. The number of fused-ring (bicyclic) bond motifs is 1. The average Bonchev–Trinajstić information content (AvgIpc) is 2.39. The molecule has 0 spiro atoms. The molecule has 1 aliphatic heterocycles. The number of benzene rings is 1. The molecule has 0 saturated carbocycles. The molecule has 1 amide bonds. The molecule has 1 aliphatic rings. The van der Waals surface area contributed by atoms with E-state index in [4.69, 9.17) is 14.6 Å². The van der Waals surface area contributed by atoms with E-state index in [2.05, 4.69) is 0 Å². The fourth-order valence-electron chi connectivity index (χ4n) is 1.66. The van der Waals surface area contributed by atoms with Crippen LogP contribution in [0.4, 0.5) is 0 Å². The summed E-state index contributed by atoms with van der Waals surface area (Å²) in [5, 5.41) is 8.60. The molecule has 1 aromatic carbocycles. The van der Waals surface area contributed by atoms with Gasteiger partial charge in [-0.1, -0.05) is 12.1 Å². The molecule has 0 radical (unpaired) electrons. The number of hydrogen-bond donors (Lipinski definition) is 1. The van der Waals surface area contributed by atoms with Crippen molar-refractivity contribution in [2.75, 3.05) is 13.2 Å². The minimum atomic E-state index is -0.959. The Labute approximate surface area is 104 Å². The molecule has 6 heteroatoms. The highest BCUT2D eigenvalue weighted by Gasteiger charge is 2.25. The number of aliphatic carboxylic acids is 1. The zero-order valence-electron chi connectivity index (χ0n) is 9.61. The second-order valence-electron chi connectivity index (χ2n) is 3.82. The van der Waals surface area contributed by atoms with E-state index in [-0.39, 0.29) is 19.6 Å². The van der Waals surface area contributed by atoms with E-state index in [0.717, 1.165) is 0 Å². The lowest BCUT2D eigenvalue weighted by Gasteiger charge is -2.32. The lowest BCUT2D eigenvalue weighted by molar-refractivity contribution is -0.139. The first kappa shape index (κ1) is 12.2. The number of hydrogen-bond acceptors (Lipinski definition) is 4. The van der Waals surface area contributed by atoms with Gasteiger partial charge in [0.1, 0.15) is 6.61 Å². The summed E-state index contributed by atoms with van der Waals surface area (Å²) < 4.78 is 11.0. The first-order valence-electron chi connectivity index (χ1n) is 5.52. The molecule has 1 N–H and O–H groups in total. The van der Waals surface area contributed by atoms with Crippen molar-refractivity contribution in [1.82, 2.24) is 4.90 Å². The van der Waals surface area contributed by atoms with Gasteiger partial charge in [-0.15, -0.1) is 0 Å². The molecule has 96 valence electrons. The van der Waals surface area contributed by atoms with Crippen LogP contribution in [0.25, 0.3) is 0 Å². The number of carbonyl (C=O) groups is 2. The van der Waals surface area contributed by atoms with Crippen molar-refractivity contribution < 1.29 is 24.2 Å². The largest absolute Gasteiger partial charge is 0.484 e. The number of ether oxygens (including phenoxy) is 2. The van der Waals surface area contributed by atoms with Gasteiger partial charge >= 0.3 is 5.97 Å². The van der Waals surface area contributed by atoms with E-state index < -0.39 is 12.2 Å². The maximum Gasteiger partial charge on any atom is 0.305 e. The summed E-state index contributed by atoms with van der Waals surface area (Å²) in [5.41, 5.74) is 0. The highest BCUT2D eigenvalue weighted by atomic mass is 16.6. The third-order valence-corrected chi connectivity index (χ3v) is 2.58. The lowest BCUT2D eigenvalue weighted by atomic mass is 10.3. The predicted molar refractivity (Wildman–Crippen MR) is 61.4 cm³/mol. The van der Waals surface area contributed by atoms with Gasteiger partial charge in [0, 0.05) is 6.54 Å². The molecule has 0 aliphatic carbocycles. The molecular formula is C12H13NO5. The summed E-state index contributed by atoms with van der Waals surface area (Å²) in [7, 11) is 0. The summed E-state index contributed by atoms with van der Waals surface area (Å²) >= 11 is 0. The van der Waals surface area contributed by atoms with Gasteiger partial charge in [-0.25, -0.2) is 0 Å². The molecule has 0 saturated heterocycles. The van der Waals surface area contributed by atoms with Crippen LogP contribution >= 0.6 is 0 Å². The Morgan fingerprint density at radius 3 is 2.83 bits per heavy atom. The standard InChI is InChI=1S/C12H13NO5/c14-8-13(6-5-12(15)16)11-7-17-9-3-1-2-4-10(9)18-11/h1-4,8,11H,5-7H2,(H,15,16). The maximum absolute atomic E-state index is 10.9. The highest BCUT2D eigenvalue weighted by Crippen LogP contribution is 2.31. The van der Waals surface area contributed by atoms with E-state index in [1.54, 1.807) is 18.2 Å². The van der Waals surface area contributed by atoms with Crippen LogP contribution in [0.15, 0.2) is 24.3 Å². The van der Waals surface area contributed by atoms with Gasteiger partial charge in [0.2, 0.25) is 12.6 Å². The molecule has 0 fully saturated rings. The second kappa shape index (κ2) is 5.39. The van der Waals surface area contributed by atoms with Gasteiger partial charge in [0.15, 0.2) is 11.5 Å². The second-order valence-corrected chi connectivity index (χ2v) is 3.82. The summed E-state index contributed by atoms with van der Waals surface area (Å²) in [6, 6.07) is 7.13. The topological polar surface area (TPSA) is 76.1 Å². The molecule has 0 bridgehead atoms. The quantitative estimate of drug-likeness (QED) is 0.780. The smallest absolute Gasteiger partial charge is 0.305 e. The highest BCUT2D eigenvalue weighted by molar-refractivity contribution is 5.67. The molecule has 1 atom stereocenters. The van der Waals surface area contributed by atoms with Crippen LogP contribution in [0, 0.1) is 0 Å². The summed E-state index contributed by atoms with van der Waals surface area (Å²) in [4.78, 5) is 22.7. The normalized spacial score (nSPS) is 17.0. The van der Waals surface area contributed by atoms with Crippen LogP contribution in [-0.4, -0.2) is 41.8 Å². The van der Waals surface area contributed by atoms with Crippen molar-refractivity contribution in [2.45, 2.75) is 12.6 Å². The number of para-hydroxylation sites is 2. The Kier molecular flexibility index (Phi) is 3.66. The van der Waals surface area contributed by atoms with Gasteiger partial charge in [0.05, 0.1) is 6.42 Å². The number of amides is 1. The minimum absolute atomic E-state index is 0.0923. The number of carboxylic acids is 1. The van der Waals surface area contributed by atoms with Crippen LogP contribution in [0.1, 0.15) is 6.42 Å². The Bertz CT molecular complexity index is 448. The van der Waals surface area contributed by atoms with Gasteiger partial charge < -0.3 is 19.5 Å².